The quantitative estimate of drug-likeness (QED) is 0.123. The number of hydrogen-bond acceptors (Lipinski definition) is 3. The summed E-state index contributed by atoms with van der Waals surface area (Å²) in [5.74, 6) is 1.44. The van der Waals surface area contributed by atoms with Gasteiger partial charge in [0.2, 0.25) is 0 Å². The van der Waals surface area contributed by atoms with Crippen molar-refractivity contribution in [2.24, 2.45) is 0 Å². The fourth-order valence-electron chi connectivity index (χ4n) is 3.94. The summed E-state index contributed by atoms with van der Waals surface area (Å²) in [4.78, 5) is 0. The number of thiol groups is 1. The first-order chi connectivity index (χ1) is 16.0. The molecule has 0 radical (unpaired) electrons. The first kappa shape index (κ1) is 28.3. The van der Waals surface area contributed by atoms with E-state index in [9.17, 15) is 0 Å². The Morgan fingerprint density at radius 3 is 1.27 bits per heavy atom. The van der Waals surface area contributed by atoms with Gasteiger partial charge in [-0.15, -0.1) is 0 Å². The second-order valence-electron chi connectivity index (χ2n) is 8.97. The second kappa shape index (κ2) is 16.6. The maximum absolute atomic E-state index is 5.94. The molecule has 0 aromatic heterocycles. The van der Waals surface area contributed by atoms with Crippen molar-refractivity contribution in [3.05, 3.63) is 59.7 Å². The maximum Gasteiger partial charge on any atom is 0.345 e. The zero-order chi connectivity index (χ0) is 23.8. The number of unbranched alkanes of at least 4 members (excludes halogenated alkanes) is 10. The van der Waals surface area contributed by atoms with Crippen LogP contribution < -0.4 is 9.05 Å². The molecule has 2 aromatic carbocycles. The van der Waals surface area contributed by atoms with Gasteiger partial charge in [-0.2, -0.15) is 0 Å². The van der Waals surface area contributed by atoms with Crippen LogP contribution in [-0.2, 0) is 24.6 Å². The predicted octanol–water partition coefficient (Wildman–Crippen LogP) is 10.1. The fraction of sp³-hybridized carbons (Fsp3) is 0.571. The first-order valence-corrected chi connectivity index (χ1v) is 16.7. The van der Waals surface area contributed by atoms with E-state index in [2.05, 4.69) is 50.4 Å². The molecular formula is C28H43O2PS2. The molecule has 184 valence electrons. The van der Waals surface area contributed by atoms with Crippen LogP contribution in [0.15, 0.2) is 48.5 Å². The van der Waals surface area contributed by atoms with Crippen LogP contribution in [0, 0.1) is 0 Å². The molecular weight excluding hydrogens is 463 g/mol. The molecule has 0 fully saturated rings. The lowest BCUT2D eigenvalue weighted by molar-refractivity contribution is 0.506. The van der Waals surface area contributed by atoms with Crippen LogP contribution in [0.4, 0.5) is 0 Å². The Bertz CT molecular complexity index is 740. The van der Waals surface area contributed by atoms with Crippen molar-refractivity contribution in [1.29, 1.82) is 0 Å². The van der Waals surface area contributed by atoms with Gasteiger partial charge in [0.15, 0.2) is 0 Å². The Hall–Kier alpha value is -0.960. The van der Waals surface area contributed by atoms with Gasteiger partial charge in [-0.25, -0.2) is 0 Å². The van der Waals surface area contributed by atoms with Crippen LogP contribution in [0.2, 0.25) is 0 Å². The Morgan fingerprint density at radius 1 is 0.576 bits per heavy atom. The molecule has 2 nitrogen and oxygen atoms in total. The molecule has 0 spiro atoms. The third-order valence-electron chi connectivity index (χ3n) is 5.93. The molecule has 2 aromatic rings. The normalized spacial score (nSPS) is 11.5. The highest BCUT2D eigenvalue weighted by Gasteiger charge is 2.17. The summed E-state index contributed by atoms with van der Waals surface area (Å²) in [6.07, 6.45) is 18.0. The van der Waals surface area contributed by atoms with E-state index in [-0.39, 0.29) is 0 Å². The highest BCUT2D eigenvalue weighted by atomic mass is 32.9. The summed E-state index contributed by atoms with van der Waals surface area (Å²) in [6.45, 7) is 4.51. The summed E-state index contributed by atoms with van der Waals surface area (Å²) >= 11 is 10.1. The molecule has 0 unspecified atom stereocenters. The summed E-state index contributed by atoms with van der Waals surface area (Å²) in [6, 6.07) is 16.4. The highest BCUT2D eigenvalue weighted by molar-refractivity contribution is 8.60. The Morgan fingerprint density at radius 2 is 0.909 bits per heavy atom. The van der Waals surface area contributed by atoms with Crippen LogP contribution >= 0.6 is 17.9 Å². The maximum atomic E-state index is 5.94. The van der Waals surface area contributed by atoms with Gasteiger partial charge in [-0.3, -0.25) is 0 Å². The van der Waals surface area contributed by atoms with Crippen molar-refractivity contribution in [2.75, 3.05) is 0 Å². The molecule has 0 saturated carbocycles. The van der Waals surface area contributed by atoms with E-state index in [1.807, 2.05) is 24.3 Å². The lowest BCUT2D eigenvalue weighted by Gasteiger charge is -2.19. The first-order valence-electron chi connectivity index (χ1n) is 12.9. The Labute approximate surface area is 213 Å². The van der Waals surface area contributed by atoms with Gasteiger partial charge in [0.1, 0.15) is 11.5 Å². The molecule has 0 bridgehead atoms. The SMILES string of the molecule is CCCCCCCCc1ccc(OP(=S)(S)Oc2ccc(CCCCCCCC)cc2)cc1. The van der Waals surface area contributed by atoms with Crippen molar-refractivity contribution in [1.82, 2.24) is 0 Å². The van der Waals surface area contributed by atoms with E-state index in [0.29, 0.717) is 0 Å². The topological polar surface area (TPSA) is 18.5 Å². The zero-order valence-corrected chi connectivity index (χ0v) is 23.2. The van der Waals surface area contributed by atoms with Crippen LogP contribution in [0.5, 0.6) is 11.5 Å². The van der Waals surface area contributed by atoms with Gasteiger partial charge < -0.3 is 9.05 Å². The minimum absolute atomic E-state index is 0.722. The summed E-state index contributed by atoms with van der Waals surface area (Å²) in [7, 11) is 0. The van der Waals surface area contributed by atoms with Gasteiger partial charge in [0, 0.05) is 0 Å². The van der Waals surface area contributed by atoms with Crippen LogP contribution in [0.3, 0.4) is 0 Å². The van der Waals surface area contributed by atoms with Crippen molar-refractivity contribution < 1.29 is 9.05 Å². The molecule has 0 aliphatic carbocycles. The van der Waals surface area contributed by atoms with Gasteiger partial charge in [-0.1, -0.05) is 115 Å². The van der Waals surface area contributed by atoms with Crippen molar-refractivity contribution in [2.45, 2.75) is 104 Å². The molecule has 5 heteroatoms. The summed E-state index contributed by atoms with van der Waals surface area (Å²) < 4.78 is 11.9. The average molecular weight is 507 g/mol. The van der Waals surface area contributed by atoms with Crippen molar-refractivity contribution in [3.8, 4) is 11.5 Å². The van der Waals surface area contributed by atoms with Gasteiger partial charge in [-0.05, 0) is 72.9 Å². The van der Waals surface area contributed by atoms with Gasteiger partial charge in [0.05, 0.1) is 0 Å². The number of benzene rings is 2. The molecule has 0 aliphatic heterocycles. The molecule has 0 N–H and O–H groups in total. The van der Waals surface area contributed by atoms with E-state index in [1.165, 1.54) is 88.2 Å². The largest absolute Gasteiger partial charge is 0.428 e. The zero-order valence-electron chi connectivity index (χ0n) is 20.6. The number of aryl methyl sites for hydroxylation is 2. The minimum Gasteiger partial charge on any atom is -0.428 e. The van der Waals surface area contributed by atoms with Crippen LogP contribution in [0.1, 0.15) is 102 Å². The highest BCUT2D eigenvalue weighted by Crippen LogP contribution is 2.53. The standard InChI is InChI=1S/C28H43O2PS2/c1-3-5-7-9-11-13-15-25-17-21-27(22-18-25)29-31(32,33)30-28-23-19-26(20-24-28)16-14-12-10-8-6-4-2/h17-24H,3-16H2,1-2H3,(H,32,33). The van der Waals surface area contributed by atoms with Crippen molar-refractivity contribution in [3.63, 3.8) is 0 Å². The molecule has 0 aliphatic rings. The molecule has 0 amide bonds. The predicted molar refractivity (Wildman–Crippen MR) is 152 cm³/mol. The smallest absolute Gasteiger partial charge is 0.345 e. The molecule has 0 atom stereocenters. The third kappa shape index (κ3) is 12.9. The van der Waals surface area contributed by atoms with Crippen LogP contribution in [0.25, 0.3) is 0 Å². The van der Waals surface area contributed by atoms with E-state index in [4.69, 9.17) is 20.9 Å². The van der Waals surface area contributed by atoms with Crippen LogP contribution in [-0.4, -0.2) is 0 Å². The third-order valence-corrected chi connectivity index (χ3v) is 7.75. The van der Waals surface area contributed by atoms with E-state index in [0.717, 1.165) is 24.3 Å². The molecule has 33 heavy (non-hydrogen) atoms. The lowest BCUT2D eigenvalue weighted by Crippen LogP contribution is -1.96. The van der Waals surface area contributed by atoms with E-state index < -0.39 is 5.69 Å². The average Bonchev–Trinajstić information content (AvgIpc) is 2.80. The molecule has 2 rings (SSSR count). The van der Waals surface area contributed by atoms with Gasteiger partial charge >= 0.3 is 5.69 Å². The Balaban J connectivity index is 1.72. The number of rotatable bonds is 18. The second-order valence-corrected chi connectivity index (χ2v) is 14.1. The number of hydrogen-bond donors (Lipinski definition) is 1. The summed E-state index contributed by atoms with van der Waals surface area (Å²) in [5, 5.41) is 0. The lowest BCUT2D eigenvalue weighted by atomic mass is 10.1. The fourth-order valence-corrected chi connectivity index (χ4v) is 5.83. The monoisotopic (exact) mass is 506 g/mol. The van der Waals surface area contributed by atoms with E-state index >= 15 is 0 Å². The molecule has 0 heterocycles. The summed E-state index contributed by atoms with van der Waals surface area (Å²) in [5.41, 5.74) is -0.0327. The van der Waals surface area contributed by atoms with Gasteiger partial charge in [0.25, 0.3) is 0 Å². The van der Waals surface area contributed by atoms with Crippen molar-refractivity contribution >= 4 is 29.7 Å². The Kier molecular flexibility index (Phi) is 14.3. The van der Waals surface area contributed by atoms with E-state index in [1.54, 1.807) is 0 Å². The molecule has 0 saturated heterocycles. The minimum atomic E-state index is -2.71.